The lowest BCUT2D eigenvalue weighted by Gasteiger charge is -2.47. The number of likely N-dealkylation sites (N-methyl/N-ethyl adjacent to an activating group) is 1. The third kappa shape index (κ3) is 10.6. The van der Waals surface area contributed by atoms with E-state index in [0.29, 0.717) is 23.2 Å². The van der Waals surface area contributed by atoms with Gasteiger partial charge < -0.3 is 48.0 Å². The van der Waals surface area contributed by atoms with E-state index in [0.717, 1.165) is 5.56 Å². The zero-order valence-corrected chi connectivity index (χ0v) is 37.1. The molecule has 60 heavy (non-hydrogen) atoms. The third-order valence-electron chi connectivity index (χ3n) is 12.3. The van der Waals surface area contributed by atoms with Crippen molar-refractivity contribution in [2.24, 2.45) is 28.7 Å². The van der Waals surface area contributed by atoms with Crippen LogP contribution in [-0.2, 0) is 49.5 Å². The van der Waals surface area contributed by atoms with Gasteiger partial charge in [0, 0.05) is 30.5 Å². The van der Waals surface area contributed by atoms with Gasteiger partial charge in [0.25, 0.3) is 0 Å². The van der Waals surface area contributed by atoms with E-state index in [4.69, 9.17) is 37.7 Å². The number of aliphatic imine (C=N–C) groups is 1. The first-order chi connectivity index (χ1) is 28.2. The number of fused-ring (bicyclic) bond motifs is 6. The monoisotopic (exact) mass is 846 g/mol. The smallest absolute Gasteiger partial charge is 0.394 e. The van der Waals surface area contributed by atoms with Crippen LogP contribution in [0, 0.1) is 23.7 Å². The van der Waals surface area contributed by atoms with Gasteiger partial charge in [-0.25, -0.2) is 4.99 Å². The highest BCUT2D eigenvalue weighted by Crippen LogP contribution is 2.40. The van der Waals surface area contributed by atoms with E-state index in [1.807, 2.05) is 58.8 Å². The number of hydroxylamine groups is 1. The van der Waals surface area contributed by atoms with Crippen LogP contribution in [0.15, 0.2) is 27.6 Å². The average Bonchev–Trinajstić information content (AvgIpc) is 3.61. The molecule has 2 bridgehead atoms. The first-order valence-electron chi connectivity index (χ1n) is 21.0. The average molecular weight is 847 g/mol. The molecule has 1 aromatic carbocycles. The Labute approximate surface area is 352 Å². The number of aliphatic hydroxyl groups is 2. The maximum absolute atomic E-state index is 14.5. The molecule has 5 rings (SSSR count). The molecule has 1 amide bonds. The molecular weight excluding hydrogens is 780 g/mol. The number of carbonyl (C=O) groups is 3. The van der Waals surface area contributed by atoms with Gasteiger partial charge >= 0.3 is 12.0 Å². The SMILES string of the molecule is CC[C@H]1OC(=O)[C@H](C)C(=O)[C@H](C)[C@@H](O[C@H]2O[C@H](C)C[C@H](N(C)C)[C@H]2O)[C@@]2(C)C[C@@H](C)C(=NC(C)=O)[C@H](C)[C@@H](OCC(NOCc3ccc4oc(OC)nc4c3)CO2)[C@]1(C)O. The second-order valence-electron chi connectivity index (χ2n) is 17.5. The second kappa shape index (κ2) is 19.8. The van der Waals surface area contributed by atoms with Crippen LogP contribution in [-0.4, -0.2) is 138 Å². The standard InChI is InChI=1S/C43H66N4O13/c1-13-33-43(9,52)38-24(4)34(44-27(7)48)22(2)18-42(8,55-21-29(20-54-38)46-56-19-28-14-15-32-30(17-28)45-41(53-12)58-32)37(25(5)35(49)26(6)39(51)59-33)60-40-36(50)31(47(10)11)16-23(3)57-40/h14-15,17,22-26,29,31,33,36-38,40,46,50,52H,13,16,18-21H2,1-12H3/t22-,23-,24+,25+,26-,29?,31+,33-,36-,37-,38-,40-,42-,43-/m1/s1. The normalized spacial score (nSPS) is 38.3. The molecular formula is C43H66N4O13. The Morgan fingerprint density at radius 3 is 2.47 bits per heavy atom. The number of aromatic nitrogens is 1. The highest BCUT2D eigenvalue weighted by Gasteiger charge is 2.53. The zero-order chi connectivity index (χ0) is 44.3. The number of cyclic esters (lactones) is 1. The number of benzene rings is 1. The maximum Gasteiger partial charge on any atom is 0.394 e. The van der Waals surface area contributed by atoms with Crippen LogP contribution in [0.4, 0.5) is 0 Å². The van der Waals surface area contributed by atoms with Crippen LogP contribution in [0.25, 0.3) is 11.1 Å². The van der Waals surface area contributed by atoms with E-state index in [1.54, 1.807) is 19.9 Å². The molecule has 0 spiro atoms. The number of carbonyl (C=O) groups excluding carboxylic acids is 3. The summed E-state index contributed by atoms with van der Waals surface area (Å²) in [6.45, 7) is 15.2. The predicted molar refractivity (Wildman–Crippen MR) is 219 cm³/mol. The van der Waals surface area contributed by atoms with Gasteiger partial charge in [-0.1, -0.05) is 33.8 Å². The number of esters is 1. The molecule has 17 nitrogen and oxygen atoms in total. The molecule has 4 heterocycles. The van der Waals surface area contributed by atoms with Gasteiger partial charge in [0.1, 0.15) is 29.2 Å². The van der Waals surface area contributed by atoms with E-state index in [1.165, 1.54) is 27.9 Å². The van der Waals surface area contributed by atoms with Crippen molar-refractivity contribution in [2.75, 3.05) is 34.4 Å². The first-order valence-corrected chi connectivity index (χ1v) is 21.0. The van der Waals surface area contributed by atoms with Crippen LogP contribution in [0.5, 0.6) is 6.08 Å². The Morgan fingerprint density at radius 1 is 1.10 bits per heavy atom. The van der Waals surface area contributed by atoms with Crippen LogP contribution in [0.1, 0.15) is 87.1 Å². The Morgan fingerprint density at radius 2 is 1.82 bits per heavy atom. The zero-order valence-electron chi connectivity index (χ0n) is 37.1. The quantitative estimate of drug-likeness (QED) is 0.186. The molecule has 0 aliphatic carbocycles. The summed E-state index contributed by atoms with van der Waals surface area (Å²) in [6.07, 6.45) is -4.89. The van der Waals surface area contributed by atoms with E-state index in [-0.39, 0.29) is 50.9 Å². The summed E-state index contributed by atoms with van der Waals surface area (Å²) in [7, 11) is 5.21. The molecule has 17 heteroatoms. The lowest BCUT2D eigenvalue weighted by atomic mass is 9.73. The Balaban J connectivity index is 1.61. The maximum atomic E-state index is 14.5. The number of Topliss-reactive ketones (excluding diaryl/α,β-unsaturated/α-hetero) is 1. The molecule has 1 unspecified atom stereocenters. The number of nitrogens with zero attached hydrogens (tertiary/aromatic N) is 3. The number of hydrogen-bond donors (Lipinski definition) is 3. The Kier molecular flexibility index (Phi) is 15.7. The van der Waals surface area contributed by atoms with E-state index in [9.17, 15) is 24.6 Å². The van der Waals surface area contributed by atoms with Crippen molar-refractivity contribution in [3.63, 3.8) is 0 Å². The molecule has 3 fully saturated rings. The number of rotatable bonds is 9. The molecule has 3 aliphatic rings. The molecule has 3 saturated heterocycles. The number of amides is 1. The fraction of sp³-hybridized carbons (Fsp3) is 0.744. The van der Waals surface area contributed by atoms with Gasteiger partial charge in [-0.05, 0) is 84.7 Å². The van der Waals surface area contributed by atoms with Crippen molar-refractivity contribution in [3.05, 3.63) is 23.8 Å². The summed E-state index contributed by atoms with van der Waals surface area (Å²) in [5, 5.41) is 24.1. The number of nitrogens with one attached hydrogen (secondary N) is 1. The third-order valence-corrected chi connectivity index (χ3v) is 12.3. The van der Waals surface area contributed by atoms with Gasteiger partial charge in [-0.15, -0.1) is 0 Å². The summed E-state index contributed by atoms with van der Waals surface area (Å²) in [5.74, 6) is -5.27. The molecule has 14 atom stereocenters. The van der Waals surface area contributed by atoms with Crippen molar-refractivity contribution >= 4 is 34.5 Å². The lowest BCUT2D eigenvalue weighted by molar-refractivity contribution is -0.298. The highest BCUT2D eigenvalue weighted by molar-refractivity contribution is 6.00. The number of oxazole rings is 1. The highest BCUT2D eigenvalue weighted by atomic mass is 16.7. The minimum atomic E-state index is -1.84. The van der Waals surface area contributed by atoms with Crippen LogP contribution < -0.4 is 10.2 Å². The number of methoxy groups -OCH3 is 1. The largest absolute Gasteiger partial charge is 0.459 e. The van der Waals surface area contributed by atoms with Crippen LogP contribution >= 0.6 is 0 Å². The Hall–Kier alpha value is -3.39. The number of ketones is 1. The molecule has 1 aromatic heterocycles. The van der Waals surface area contributed by atoms with Crippen molar-refractivity contribution in [1.29, 1.82) is 0 Å². The second-order valence-corrected chi connectivity index (χ2v) is 17.5. The molecule has 3 N–H and O–H groups in total. The molecule has 336 valence electrons. The molecule has 0 radical (unpaired) electrons. The van der Waals surface area contributed by atoms with Crippen molar-refractivity contribution in [2.45, 2.75) is 148 Å². The minimum absolute atomic E-state index is 0.0566. The topological polar surface area (TPSA) is 210 Å². The summed E-state index contributed by atoms with van der Waals surface area (Å²) in [6, 6.07) is 4.40. The number of hydrogen-bond acceptors (Lipinski definition) is 16. The van der Waals surface area contributed by atoms with Gasteiger partial charge in [0.05, 0.1) is 56.9 Å². The van der Waals surface area contributed by atoms with E-state index in [2.05, 4.69) is 15.5 Å². The van der Waals surface area contributed by atoms with Crippen molar-refractivity contribution in [1.82, 2.24) is 15.4 Å². The summed E-state index contributed by atoms with van der Waals surface area (Å²) >= 11 is 0. The van der Waals surface area contributed by atoms with Crippen molar-refractivity contribution < 1.29 is 62.3 Å². The lowest BCUT2D eigenvalue weighted by Crippen LogP contribution is -2.60. The van der Waals surface area contributed by atoms with E-state index >= 15 is 0 Å². The minimum Gasteiger partial charge on any atom is -0.459 e. The molecule has 2 aromatic rings. The van der Waals surface area contributed by atoms with Crippen LogP contribution in [0.3, 0.4) is 0 Å². The fourth-order valence-corrected chi connectivity index (χ4v) is 9.08. The van der Waals surface area contributed by atoms with E-state index < -0.39 is 89.3 Å². The molecule has 3 aliphatic heterocycles. The fourth-order valence-electron chi connectivity index (χ4n) is 9.08. The summed E-state index contributed by atoms with van der Waals surface area (Å²) in [5.41, 5.74) is 2.22. The van der Waals surface area contributed by atoms with Crippen molar-refractivity contribution in [3.8, 4) is 6.08 Å². The number of aliphatic hydroxyl groups excluding tert-OH is 1. The van der Waals surface area contributed by atoms with Gasteiger partial charge in [0.2, 0.25) is 5.91 Å². The van der Waals surface area contributed by atoms with Gasteiger partial charge in [-0.2, -0.15) is 10.5 Å². The summed E-state index contributed by atoms with van der Waals surface area (Å²) < 4.78 is 43.3. The first kappa shape index (κ1) is 47.7. The predicted octanol–water partition coefficient (Wildman–Crippen LogP) is 3.79. The number of ether oxygens (including phenoxy) is 6. The molecule has 0 saturated carbocycles. The van der Waals surface area contributed by atoms with Gasteiger partial charge in [0.15, 0.2) is 17.7 Å². The summed E-state index contributed by atoms with van der Waals surface area (Å²) in [4.78, 5) is 58.1. The Bertz CT molecular complexity index is 1830. The van der Waals surface area contributed by atoms with Gasteiger partial charge in [-0.3, -0.25) is 19.2 Å². The van der Waals surface area contributed by atoms with Crippen LogP contribution in [0.2, 0.25) is 0 Å².